The number of nitrogens with zero attached hydrogens (tertiary/aromatic N) is 3. The predicted molar refractivity (Wildman–Crippen MR) is 67.1 cm³/mol. The fraction of sp³-hybridized carbons (Fsp3) is 0.750. The molecular weight excluding hydrogens is 248 g/mol. The third-order valence-electron chi connectivity index (χ3n) is 3.21. The van der Waals surface area contributed by atoms with E-state index in [-0.39, 0.29) is 11.8 Å². The molecule has 1 N–H and O–H groups in total. The Hall–Kier alpha value is -1.47. The van der Waals surface area contributed by atoms with E-state index < -0.39 is 0 Å². The number of ether oxygens (including phenoxy) is 1. The maximum absolute atomic E-state index is 12.3. The fourth-order valence-corrected chi connectivity index (χ4v) is 2.17. The molecule has 0 aliphatic carbocycles. The van der Waals surface area contributed by atoms with E-state index in [0.29, 0.717) is 31.4 Å². The van der Waals surface area contributed by atoms with Crippen LogP contribution in [0.3, 0.4) is 0 Å². The molecule has 7 nitrogen and oxygen atoms in total. The van der Waals surface area contributed by atoms with Gasteiger partial charge < -0.3 is 19.5 Å². The van der Waals surface area contributed by atoms with Crippen molar-refractivity contribution in [3.8, 4) is 0 Å². The minimum atomic E-state index is 0.0707. The molecule has 0 spiro atoms. The molecular formula is C12H20N4O3. The van der Waals surface area contributed by atoms with Crippen LogP contribution in [0, 0.1) is 5.92 Å². The Balaban J connectivity index is 1.95. The highest BCUT2D eigenvalue weighted by Crippen LogP contribution is 2.13. The van der Waals surface area contributed by atoms with Gasteiger partial charge in [0.15, 0.2) is 5.82 Å². The van der Waals surface area contributed by atoms with E-state index in [1.807, 2.05) is 6.92 Å². The molecule has 7 heteroatoms. The number of amides is 1. The zero-order valence-electron chi connectivity index (χ0n) is 11.4. The largest absolute Gasteiger partial charge is 0.377 e. The van der Waals surface area contributed by atoms with E-state index in [2.05, 4.69) is 15.5 Å². The molecule has 0 bridgehead atoms. The van der Waals surface area contributed by atoms with E-state index in [0.717, 1.165) is 19.5 Å². The van der Waals surface area contributed by atoms with Crippen LogP contribution in [0.1, 0.15) is 25.1 Å². The van der Waals surface area contributed by atoms with Gasteiger partial charge in [-0.2, -0.15) is 4.98 Å². The van der Waals surface area contributed by atoms with Gasteiger partial charge in [0.05, 0.1) is 12.5 Å². The van der Waals surface area contributed by atoms with E-state index in [1.165, 1.54) is 0 Å². The second-order valence-corrected chi connectivity index (χ2v) is 4.58. The quantitative estimate of drug-likeness (QED) is 0.792. The van der Waals surface area contributed by atoms with Crippen LogP contribution in [-0.4, -0.2) is 47.7 Å². The van der Waals surface area contributed by atoms with Crippen molar-refractivity contribution >= 4 is 5.91 Å². The van der Waals surface area contributed by atoms with Crippen molar-refractivity contribution in [2.24, 2.45) is 5.92 Å². The van der Waals surface area contributed by atoms with Gasteiger partial charge in [-0.25, -0.2) is 0 Å². The zero-order chi connectivity index (χ0) is 13.7. The maximum Gasteiger partial charge on any atom is 0.246 e. The Bertz CT molecular complexity index is 415. The second-order valence-electron chi connectivity index (χ2n) is 4.58. The summed E-state index contributed by atoms with van der Waals surface area (Å²) in [6.45, 7) is 4.93. The summed E-state index contributed by atoms with van der Waals surface area (Å²) in [5.74, 6) is 1.18. The van der Waals surface area contributed by atoms with Crippen LogP contribution >= 0.6 is 0 Å². The van der Waals surface area contributed by atoms with Crippen molar-refractivity contribution in [3.05, 3.63) is 11.7 Å². The number of nitrogens with one attached hydrogen (secondary N) is 1. The molecule has 1 aliphatic rings. The van der Waals surface area contributed by atoms with Crippen LogP contribution in [0.5, 0.6) is 0 Å². The van der Waals surface area contributed by atoms with Gasteiger partial charge in [0.2, 0.25) is 11.8 Å². The van der Waals surface area contributed by atoms with Crippen molar-refractivity contribution < 1.29 is 14.1 Å². The third kappa shape index (κ3) is 3.51. The summed E-state index contributed by atoms with van der Waals surface area (Å²) in [5.41, 5.74) is 0. The van der Waals surface area contributed by atoms with Gasteiger partial charge in [-0.1, -0.05) is 5.16 Å². The molecule has 0 radical (unpaired) electrons. The third-order valence-corrected chi connectivity index (χ3v) is 3.21. The number of carbonyl (C=O) groups excluding carboxylic acids is 1. The lowest BCUT2D eigenvalue weighted by Gasteiger charge is -2.22. The minimum absolute atomic E-state index is 0.0707. The minimum Gasteiger partial charge on any atom is -0.377 e. The van der Waals surface area contributed by atoms with E-state index >= 15 is 0 Å². The fourth-order valence-electron chi connectivity index (χ4n) is 2.17. The highest BCUT2D eigenvalue weighted by molar-refractivity contribution is 5.79. The molecule has 2 heterocycles. The summed E-state index contributed by atoms with van der Waals surface area (Å²) >= 11 is 0. The Morgan fingerprint density at radius 2 is 2.47 bits per heavy atom. The maximum atomic E-state index is 12.3. The van der Waals surface area contributed by atoms with Gasteiger partial charge >= 0.3 is 0 Å². The Kier molecular flexibility index (Phi) is 4.86. The molecule has 1 fully saturated rings. The van der Waals surface area contributed by atoms with Crippen LogP contribution in [0.25, 0.3) is 0 Å². The molecule has 1 aromatic heterocycles. The van der Waals surface area contributed by atoms with E-state index in [4.69, 9.17) is 9.26 Å². The Morgan fingerprint density at radius 1 is 1.63 bits per heavy atom. The molecule has 1 aliphatic heterocycles. The Morgan fingerprint density at radius 3 is 3.11 bits per heavy atom. The number of methoxy groups -OCH3 is 1. The van der Waals surface area contributed by atoms with Gasteiger partial charge in [0.25, 0.3) is 0 Å². The molecule has 2 rings (SSSR count). The summed E-state index contributed by atoms with van der Waals surface area (Å²) in [6, 6.07) is 0. The molecule has 1 atom stereocenters. The average molecular weight is 268 g/mol. The summed E-state index contributed by atoms with van der Waals surface area (Å²) in [5, 5.41) is 6.99. The number of carbonyl (C=O) groups is 1. The number of hydrogen-bond donors (Lipinski definition) is 1. The molecule has 0 aromatic carbocycles. The lowest BCUT2D eigenvalue weighted by atomic mass is 10.1. The van der Waals surface area contributed by atoms with Gasteiger partial charge in [-0.3, -0.25) is 4.79 Å². The summed E-state index contributed by atoms with van der Waals surface area (Å²) < 4.78 is 10.0. The first-order chi connectivity index (χ1) is 9.24. The second kappa shape index (κ2) is 6.63. The molecule has 106 valence electrons. The highest BCUT2D eigenvalue weighted by Gasteiger charge is 2.27. The van der Waals surface area contributed by atoms with Crippen molar-refractivity contribution in [1.29, 1.82) is 0 Å². The van der Waals surface area contributed by atoms with Gasteiger partial charge in [-0.15, -0.1) is 0 Å². The molecule has 1 aromatic rings. The normalized spacial score (nSPS) is 18.7. The summed E-state index contributed by atoms with van der Waals surface area (Å²) in [7, 11) is 1.57. The predicted octanol–water partition coefficient (Wildman–Crippen LogP) is 0.174. The number of aromatic nitrogens is 2. The topological polar surface area (TPSA) is 80.5 Å². The first kappa shape index (κ1) is 14.0. The van der Waals surface area contributed by atoms with Crippen molar-refractivity contribution in [2.75, 3.05) is 26.7 Å². The first-order valence-electron chi connectivity index (χ1n) is 6.54. The highest BCUT2D eigenvalue weighted by atomic mass is 16.5. The monoisotopic (exact) mass is 268 g/mol. The van der Waals surface area contributed by atoms with Crippen molar-refractivity contribution in [2.45, 2.75) is 26.5 Å². The average Bonchev–Trinajstić information content (AvgIpc) is 3.07. The van der Waals surface area contributed by atoms with Gasteiger partial charge in [0.1, 0.15) is 6.61 Å². The zero-order valence-corrected chi connectivity index (χ0v) is 11.4. The van der Waals surface area contributed by atoms with Crippen molar-refractivity contribution in [3.63, 3.8) is 0 Å². The van der Waals surface area contributed by atoms with Gasteiger partial charge in [0, 0.05) is 20.2 Å². The smallest absolute Gasteiger partial charge is 0.246 e. The van der Waals surface area contributed by atoms with Crippen LogP contribution < -0.4 is 5.32 Å². The standard InChI is InChI=1S/C12H20N4O3/c1-3-16(12(17)9-4-5-13-6-9)7-11-14-10(8-18-2)15-19-11/h9,13H,3-8H2,1-2H3/t9-/m0/s1. The lowest BCUT2D eigenvalue weighted by molar-refractivity contribution is -0.135. The van der Waals surface area contributed by atoms with Crippen LogP contribution in [-0.2, 0) is 22.7 Å². The number of hydrogen-bond acceptors (Lipinski definition) is 6. The van der Waals surface area contributed by atoms with Crippen LogP contribution in [0.15, 0.2) is 4.52 Å². The molecule has 0 unspecified atom stereocenters. The summed E-state index contributed by atoms with van der Waals surface area (Å²) in [4.78, 5) is 18.2. The summed E-state index contributed by atoms with van der Waals surface area (Å²) in [6.07, 6.45) is 0.897. The van der Waals surface area contributed by atoms with E-state index in [9.17, 15) is 4.79 Å². The van der Waals surface area contributed by atoms with Crippen molar-refractivity contribution in [1.82, 2.24) is 20.4 Å². The molecule has 1 saturated heterocycles. The lowest BCUT2D eigenvalue weighted by Crippen LogP contribution is -2.36. The molecule has 0 saturated carbocycles. The van der Waals surface area contributed by atoms with Crippen LogP contribution in [0.2, 0.25) is 0 Å². The molecule has 19 heavy (non-hydrogen) atoms. The molecule has 1 amide bonds. The number of rotatable bonds is 6. The first-order valence-corrected chi connectivity index (χ1v) is 6.54. The SMILES string of the molecule is CCN(Cc1nc(COC)no1)C(=O)[C@H]1CCNC1. The van der Waals surface area contributed by atoms with Crippen LogP contribution in [0.4, 0.5) is 0 Å². The van der Waals surface area contributed by atoms with Gasteiger partial charge in [-0.05, 0) is 19.9 Å². The Labute approximate surface area is 112 Å². The van der Waals surface area contributed by atoms with E-state index in [1.54, 1.807) is 12.0 Å².